The van der Waals surface area contributed by atoms with Gasteiger partial charge in [0, 0.05) is 12.2 Å². The summed E-state index contributed by atoms with van der Waals surface area (Å²) in [5.41, 5.74) is 2.17. The van der Waals surface area contributed by atoms with Crippen LogP contribution in [0.5, 0.6) is 11.8 Å². The van der Waals surface area contributed by atoms with E-state index < -0.39 is 0 Å². The summed E-state index contributed by atoms with van der Waals surface area (Å²) in [5.74, 6) is 0.648. The number of ether oxygens (including phenoxy) is 1. The minimum absolute atomic E-state index is 0.193. The van der Waals surface area contributed by atoms with Crippen LogP contribution in [0.2, 0.25) is 0 Å². The second-order valence-electron chi connectivity index (χ2n) is 4.07. The summed E-state index contributed by atoms with van der Waals surface area (Å²) in [7, 11) is 1.90. The number of aryl methyl sites for hydroxylation is 1. The first kappa shape index (κ1) is 13.0. The van der Waals surface area contributed by atoms with Crippen molar-refractivity contribution < 1.29 is 4.74 Å². The molecule has 5 nitrogen and oxygen atoms in total. The van der Waals surface area contributed by atoms with Gasteiger partial charge in [-0.3, -0.25) is 0 Å². The van der Waals surface area contributed by atoms with E-state index in [9.17, 15) is 0 Å². The third-order valence-electron chi connectivity index (χ3n) is 2.46. The van der Waals surface area contributed by atoms with E-state index in [0.29, 0.717) is 17.1 Å². The average Bonchev–Trinajstić information content (AvgIpc) is 2.40. The highest BCUT2D eigenvalue weighted by Crippen LogP contribution is 2.18. The van der Waals surface area contributed by atoms with E-state index in [0.717, 1.165) is 12.1 Å². The molecule has 19 heavy (non-hydrogen) atoms. The largest absolute Gasteiger partial charge is 0.424 e. The van der Waals surface area contributed by atoms with Crippen LogP contribution in [0.1, 0.15) is 17.0 Å². The maximum absolute atomic E-state index is 8.85. The van der Waals surface area contributed by atoms with Crippen molar-refractivity contribution >= 4 is 0 Å². The number of benzene rings is 1. The molecule has 1 aromatic carbocycles. The Hall–Kier alpha value is -2.45. The number of nitrogens with one attached hydrogen (secondary N) is 1. The van der Waals surface area contributed by atoms with Gasteiger partial charge < -0.3 is 10.1 Å². The van der Waals surface area contributed by atoms with Crippen molar-refractivity contribution in [2.24, 2.45) is 0 Å². The van der Waals surface area contributed by atoms with Crippen molar-refractivity contribution in [1.29, 1.82) is 5.26 Å². The van der Waals surface area contributed by atoms with E-state index in [1.807, 2.05) is 37.4 Å². The highest BCUT2D eigenvalue weighted by Gasteiger charge is 2.04. The Morgan fingerprint density at radius 2 is 2.00 bits per heavy atom. The highest BCUT2D eigenvalue weighted by molar-refractivity contribution is 5.30. The van der Waals surface area contributed by atoms with E-state index in [1.165, 1.54) is 0 Å². The lowest BCUT2D eigenvalue weighted by atomic mass is 10.2. The fraction of sp³-hybridized carbons (Fsp3) is 0.214. The predicted molar refractivity (Wildman–Crippen MR) is 70.8 cm³/mol. The number of hydrogen-bond donors (Lipinski definition) is 1. The maximum Gasteiger partial charge on any atom is 0.323 e. The number of nitrogens with zero attached hydrogens (tertiary/aromatic N) is 3. The molecule has 96 valence electrons. The molecule has 0 unspecified atom stereocenters. The SMILES string of the molecule is CNCc1ccc(Oc2nc(C)cc(C#N)n2)cc1. The van der Waals surface area contributed by atoms with Gasteiger partial charge in [-0.15, -0.1) is 0 Å². The molecule has 0 aliphatic rings. The normalized spacial score (nSPS) is 9.95. The van der Waals surface area contributed by atoms with Gasteiger partial charge in [0.25, 0.3) is 0 Å². The Balaban J connectivity index is 2.17. The van der Waals surface area contributed by atoms with Gasteiger partial charge >= 0.3 is 6.01 Å². The first-order valence-corrected chi connectivity index (χ1v) is 5.88. The summed E-state index contributed by atoms with van der Waals surface area (Å²) in [6.45, 7) is 2.60. The summed E-state index contributed by atoms with van der Waals surface area (Å²) >= 11 is 0. The molecule has 0 atom stereocenters. The lowest BCUT2D eigenvalue weighted by molar-refractivity contribution is 0.439. The van der Waals surface area contributed by atoms with Gasteiger partial charge in [-0.1, -0.05) is 12.1 Å². The molecule has 2 rings (SSSR count). The van der Waals surface area contributed by atoms with Gasteiger partial charge in [0.05, 0.1) is 0 Å². The minimum Gasteiger partial charge on any atom is -0.424 e. The molecule has 0 amide bonds. The summed E-state index contributed by atoms with van der Waals surface area (Å²) in [5, 5.41) is 11.9. The maximum atomic E-state index is 8.85. The van der Waals surface area contributed by atoms with Crippen LogP contribution >= 0.6 is 0 Å². The van der Waals surface area contributed by atoms with Crippen molar-refractivity contribution in [3.05, 3.63) is 47.3 Å². The molecule has 0 spiro atoms. The lowest BCUT2D eigenvalue weighted by Gasteiger charge is -2.06. The zero-order valence-electron chi connectivity index (χ0n) is 10.8. The molecule has 1 heterocycles. The monoisotopic (exact) mass is 254 g/mol. The van der Waals surface area contributed by atoms with Crippen LogP contribution in [0.3, 0.4) is 0 Å². The van der Waals surface area contributed by atoms with Gasteiger partial charge in [0.2, 0.25) is 0 Å². The van der Waals surface area contributed by atoms with Gasteiger partial charge in [-0.2, -0.15) is 10.2 Å². The Kier molecular flexibility index (Phi) is 4.06. The molecular weight excluding hydrogens is 240 g/mol. The smallest absolute Gasteiger partial charge is 0.323 e. The zero-order chi connectivity index (χ0) is 13.7. The highest BCUT2D eigenvalue weighted by atomic mass is 16.5. The van der Waals surface area contributed by atoms with Gasteiger partial charge in [-0.25, -0.2) is 4.98 Å². The number of aromatic nitrogens is 2. The van der Waals surface area contributed by atoms with Crippen LogP contribution in [0.4, 0.5) is 0 Å². The van der Waals surface area contributed by atoms with Gasteiger partial charge in [0.1, 0.15) is 17.5 Å². The first-order valence-electron chi connectivity index (χ1n) is 5.88. The third-order valence-corrected chi connectivity index (χ3v) is 2.46. The predicted octanol–water partition coefficient (Wildman–Crippen LogP) is 2.17. The second-order valence-corrected chi connectivity index (χ2v) is 4.07. The summed E-state index contributed by atoms with van der Waals surface area (Å²) in [6, 6.07) is 11.4. The Morgan fingerprint density at radius 1 is 1.26 bits per heavy atom. The second kappa shape index (κ2) is 5.94. The van der Waals surface area contributed by atoms with Crippen LogP contribution < -0.4 is 10.1 Å². The molecule has 2 aromatic rings. The van der Waals surface area contributed by atoms with Crippen molar-refractivity contribution in [2.75, 3.05) is 7.05 Å². The number of hydrogen-bond acceptors (Lipinski definition) is 5. The zero-order valence-corrected chi connectivity index (χ0v) is 10.8. The van der Waals surface area contributed by atoms with E-state index in [2.05, 4.69) is 15.3 Å². The Bertz CT molecular complexity index is 602. The van der Waals surface area contributed by atoms with Crippen molar-refractivity contribution in [1.82, 2.24) is 15.3 Å². The van der Waals surface area contributed by atoms with Gasteiger partial charge in [0.15, 0.2) is 0 Å². The molecular formula is C14H14N4O. The van der Waals surface area contributed by atoms with E-state index in [-0.39, 0.29) is 6.01 Å². The van der Waals surface area contributed by atoms with Gasteiger partial charge in [-0.05, 0) is 37.7 Å². The Labute approximate surface area is 111 Å². The molecule has 0 bridgehead atoms. The summed E-state index contributed by atoms with van der Waals surface area (Å²) in [4.78, 5) is 8.14. The molecule has 0 saturated carbocycles. The van der Waals surface area contributed by atoms with Crippen LogP contribution in [0.25, 0.3) is 0 Å². The molecule has 0 aliphatic heterocycles. The van der Waals surface area contributed by atoms with E-state index in [4.69, 9.17) is 10.00 Å². The minimum atomic E-state index is 0.193. The summed E-state index contributed by atoms with van der Waals surface area (Å²) in [6.07, 6.45) is 0. The standard InChI is InChI=1S/C14H14N4O/c1-10-7-12(8-15)18-14(17-10)19-13-5-3-11(4-6-13)9-16-2/h3-7,16H,9H2,1-2H3. The quantitative estimate of drug-likeness (QED) is 0.905. The Morgan fingerprint density at radius 3 is 2.63 bits per heavy atom. The van der Waals surface area contributed by atoms with Crippen molar-refractivity contribution in [2.45, 2.75) is 13.5 Å². The molecule has 0 saturated heterocycles. The van der Waals surface area contributed by atoms with Crippen molar-refractivity contribution in [3.63, 3.8) is 0 Å². The first-order chi connectivity index (χ1) is 9.21. The van der Waals surface area contributed by atoms with E-state index >= 15 is 0 Å². The fourth-order valence-corrected chi connectivity index (χ4v) is 1.63. The van der Waals surface area contributed by atoms with Crippen LogP contribution in [0, 0.1) is 18.3 Å². The molecule has 0 aliphatic carbocycles. The topological polar surface area (TPSA) is 70.8 Å². The fourth-order valence-electron chi connectivity index (χ4n) is 1.63. The molecule has 5 heteroatoms. The molecule has 0 fully saturated rings. The molecule has 1 aromatic heterocycles. The molecule has 0 radical (unpaired) electrons. The van der Waals surface area contributed by atoms with Crippen LogP contribution in [-0.4, -0.2) is 17.0 Å². The summed E-state index contributed by atoms with van der Waals surface area (Å²) < 4.78 is 5.54. The number of nitriles is 1. The van der Waals surface area contributed by atoms with E-state index in [1.54, 1.807) is 13.0 Å². The number of rotatable bonds is 4. The average molecular weight is 254 g/mol. The van der Waals surface area contributed by atoms with Crippen molar-refractivity contribution in [3.8, 4) is 17.8 Å². The molecule has 1 N–H and O–H groups in total. The third kappa shape index (κ3) is 3.50. The lowest BCUT2D eigenvalue weighted by Crippen LogP contribution is -2.04. The van der Waals surface area contributed by atoms with Crippen LogP contribution in [0.15, 0.2) is 30.3 Å². The van der Waals surface area contributed by atoms with Crippen LogP contribution in [-0.2, 0) is 6.54 Å².